The normalized spacial score (nSPS) is 29.7. The number of Topliss-reactive ketones (excluding diaryl/α,β-unsaturated/α-hetero) is 1. The SMILES string of the molecule is CC1C(C)(C)c2ccc(C(=O)C3CCCCC3OC=O)cc2C1(C)C. The second-order valence-corrected chi connectivity index (χ2v) is 8.95. The van der Waals surface area contributed by atoms with Crippen LogP contribution in [0.25, 0.3) is 0 Å². The zero-order chi connectivity index (χ0) is 18.4. The maximum Gasteiger partial charge on any atom is 0.293 e. The van der Waals surface area contributed by atoms with E-state index in [9.17, 15) is 9.59 Å². The zero-order valence-corrected chi connectivity index (χ0v) is 16.1. The van der Waals surface area contributed by atoms with Crippen LogP contribution in [0.4, 0.5) is 0 Å². The summed E-state index contributed by atoms with van der Waals surface area (Å²) in [5, 5.41) is 0. The average molecular weight is 342 g/mol. The van der Waals surface area contributed by atoms with E-state index in [1.165, 1.54) is 11.1 Å². The van der Waals surface area contributed by atoms with Gasteiger partial charge in [0.25, 0.3) is 6.47 Å². The summed E-state index contributed by atoms with van der Waals surface area (Å²) in [6.07, 6.45) is 3.37. The van der Waals surface area contributed by atoms with Gasteiger partial charge in [0, 0.05) is 5.56 Å². The molecule has 25 heavy (non-hydrogen) atoms. The molecule has 2 aliphatic rings. The minimum absolute atomic E-state index is 0.0420. The minimum atomic E-state index is -0.268. The standard InChI is InChI=1S/C22H30O3/c1-14-21(2,3)17-11-10-15(12-18(17)22(14,4)5)20(24)16-8-6-7-9-19(16)25-13-23/h10-14,16,19H,6-9H2,1-5H3. The summed E-state index contributed by atoms with van der Waals surface area (Å²) in [6.45, 7) is 11.9. The Balaban J connectivity index is 1.96. The second kappa shape index (κ2) is 6.26. The third kappa shape index (κ3) is 2.82. The van der Waals surface area contributed by atoms with Crippen molar-refractivity contribution in [2.75, 3.05) is 0 Å². The Morgan fingerprint density at radius 3 is 2.40 bits per heavy atom. The largest absolute Gasteiger partial charge is 0.464 e. The van der Waals surface area contributed by atoms with Gasteiger partial charge in [0.15, 0.2) is 5.78 Å². The van der Waals surface area contributed by atoms with Crippen molar-refractivity contribution in [2.24, 2.45) is 11.8 Å². The first kappa shape index (κ1) is 18.2. The molecule has 136 valence electrons. The van der Waals surface area contributed by atoms with E-state index in [1.54, 1.807) is 0 Å². The van der Waals surface area contributed by atoms with E-state index in [4.69, 9.17) is 4.74 Å². The van der Waals surface area contributed by atoms with E-state index >= 15 is 0 Å². The number of ketones is 1. The highest BCUT2D eigenvalue weighted by molar-refractivity contribution is 5.98. The third-order valence-corrected chi connectivity index (χ3v) is 7.13. The monoisotopic (exact) mass is 342 g/mol. The number of benzene rings is 1. The maximum absolute atomic E-state index is 13.1. The molecule has 0 spiro atoms. The highest BCUT2D eigenvalue weighted by Gasteiger charge is 2.48. The summed E-state index contributed by atoms with van der Waals surface area (Å²) >= 11 is 0. The molecule has 1 aromatic rings. The molecule has 0 N–H and O–H groups in total. The molecule has 1 fully saturated rings. The minimum Gasteiger partial charge on any atom is -0.464 e. The van der Waals surface area contributed by atoms with Gasteiger partial charge in [0.05, 0.1) is 5.92 Å². The Labute approximate surface area is 151 Å². The summed E-state index contributed by atoms with van der Waals surface area (Å²) in [7, 11) is 0. The molecule has 0 aliphatic heterocycles. The molecule has 0 bridgehead atoms. The molecule has 0 heterocycles. The fourth-order valence-corrected chi connectivity index (χ4v) is 5.01. The molecule has 3 rings (SSSR count). The van der Waals surface area contributed by atoms with Gasteiger partial charge in [-0.2, -0.15) is 0 Å². The predicted octanol–water partition coefficient (Wildman–Crippen LogP) is 4.81. The van der Waals surface area contributed by atoms with Gasteiger partial charge in [-0.05, 0) is 53.2 Å². The molecule has 3 unspecified atom stereocenters. The van der Waals surface area contributed by atoms with E-state index in [1.807, 2.05) is 6.07 Å². The molecule has 0 amide bonds. The van der Waals surface area contributed by atoms with Crippen LogP contribution in [-0.2, 0) is 20.4 Å². The molecular weight excluding hydrogens is 312 g/mol. The number of rotatable bonds is 4. The van der Waals surface area contributed by atoms with E-state index in [0.29, 0.717) is 12.4 Å². The van der Waals surface area contributed by atoms with Gasteiger partial charge in [0.1, 0.15) is 6.10 Å². The number of carbonyl (C=O) groups excluding carboxylic acids is 2. The number of hydrogen-bond donors (Lipinski definition) is 0. The van der Waals surface area contributed by atoms with Crippen molar-refractivity contribution in [1.29, 1.82) is 0 Å². The lowest BCUT2D eigenvalue weighted by atomic mass is 9.71. The van der Waals surface area contributed by atoms with Gasteiger partial charge < -0.3 is 4.74 Å². The van der Waals surface area contributed by atoms with Crippen LogP contribution in [0.2, 0.25) is 0 Å². The molecule has 2 aliphatic carbocycles. The average Bonchev–Trinajstić information content (AvgIpc) is 2.73. The topological polar surface area (TPSA) is 43.4 Å². The molecule has 1 aromatic carbocycles. The molecule has 3 atom stereocenters. The summed E-state index contributed by atoms with van der Waals surface area (Å²) in [6, 6.07) is 6.23. The molecule has 3 nitrogen and oxygen atoms in total. The quantitative estimate of drug-likeness (QED) is 0.583. The van der Waals surface area contributed by atoms with Crippen LogP contribution >= 0.6 is 0 Å². The third-order valence-electron chi connectivity index (χ3n) is 7.13. The number of hydrogen-bond acceptors (Lipinski definition) is 3. The summed E-state index contributed by atoms with van der Waals surface area (Å²) < 4.78 is 5.22. The predicted molar refractivity (Wildman–Crippen MR) is 98.9 cm³/mol. The van der Waals surface area contributed by atoms with Crippen LogP contribution in [0.1, 0.15) is 81.8 Å². The van der Waals surface area contributed by atoms with Crippen molar-refractivity contribution in [2.45, 2.75) is 77.2 Å². The zero-order valence-electron chi connectivity index (χ0n) is 16.1. The van der Waals surface area contributed by atoms with E-state index < -0.39 is 0 Å². The maximum atomic E-state index is 13.1. The van der Waals surface area contributed by atoms with Gasteiger partial charge in [0.2, 0.25) is 0 Å². The van der Waals surface area contributed by atoms with E-state index in [-0.39, 0.29) is 28.6 Å². The summed E-state index contributed by atoms with van der Waals surface area (Å²) in [5.74, 6) is 0.427. The van der Waals surface area contributed by atoms with Crippen LogP contribution in [0.15, 0.2) is 18.2 Å². The second-order valence-electron chi connectivity index (χ2n) is 8.95. The molecule has 0 aromatic heterocycles. The van der Waals surface area contributed by atoms with Crippen molar-refractivity contribution >= 4 is 12.3 Å². The smallest absolute Gasteiger partial charge is 0.293 e. The van der Waals surface area contributed by atoms with Gasteiger partial charge in [-0.3, -0.25) is 9.59 Å². The molecule has 0 saturated heterocycles. The van der Waals surface area contributed by atoms with Crippen LogP contribution in [-0.4, -0.2) is 18.4 Å². The summed E-state index contributed by atoms with van der Waals surface area (Å²) in [4.78, 5) is 23.9. The first-order chi connectivity index (χ1) is 11.7. The Morgan fingerprint density at radius 1 is 1.08 bits per heavy atom. The number of fused-ring (bicyclic) bond motifs is 1. The lowest BCUT2D eigenvalue weighted by molar-refractivity contribution is -0.136. The molecule has 3 heteroatoms. The van der Waals surface area contributed by atoms with Crippen molar-refractivity contribution in [3.63, 3.8) is 0 Å². The summed E-state index contributed by atoms with van der Waals surface area (Å²) in [5.41, 5.74) is 3.56. The Morgan fingerprint density at radius 2 is 1.72 bits per heavy atom. The lowest BCUT2D eigenvalue weighted by Crippen LogP contribution is -2.33. The number of ether oxygens (including phenoxy) is 1. The van der Waals surface area contributed by atoms with E-state index in [2.05, 4.69) is 46.8 Å². The molecule has 0 radical (unpaired) electrons. The van der Waals surface area contributed by atoms with Gasteiger partial charge in [-0.25, -0.2) is 0 Å². The number of carbonyl (C=O) groups is 2. The highest BCUT2D eigenvalue weighted by atomic mass is 16.5. The van der Waals surface area contributed by atoms with Crippen LogP contribution in [0.5, 0.6) is 0 Å². The van der Waals surface area contributed by atoms with Crippen molar-refractivity contribution in [3.05, 3.63) is 34.9 Å². The Hall–Kier alpha value is -1.64. The fraction of sp³-hybridized carbons (Fsp3) is 0.636. The Kier molecular flexibility index (Phi) is 4.55. The van der Waals surface area contributed by atoms with Crippen molar-refractivity contribution < 1.29 is 14.3 Å². The first-order valence-corrected chi connectivity index (χ1v) is 9.49. The van der Waals surface area contributed by atoms with Crippen molar-refractivity contribution in [3.8, 4) is 0 Å². The van der Waals surface area contributed by atoms with Gasteiger partial charge in [-0.1, -0.05) is 53.2 Å². The van der Waals surface area contributed by atoms with Crippen LogP contribution in [0.3, 0.4) is 0 Å². The highest BCUT2D eigenvalue weighted by Crippen LogP contribution is 2.53. The fourth-order valence-electron chi connectivity index (χ4n) is 5.01. The van der Waals surface area contributed by atoms with E-state index in [0.717, 1.165) is 31.2 Å². The molecule has 1 saturated carbocycles. The molecular formula is C22H30O3. The Bertz CT molecular complexity index is 687. The van der Waals surface area contributed by atoms with Crippen LogP contribution in [0, 0.1) is 11.8 Å². The van der Waals surface area contributed by atoms with Gasteiger partial charge in [-0.15, -0.1) is 0 Å². The van der Waals surface area contributed by atoms with Crippen molar-refractivity contribution in [1.82, 2.24) is 0 Å². The van der Waals surface area contributed by atoms with Gasteiger partial charge >= 0.3 is 0 Å². The van der Waals surface area contributed by atoms with Crippen LogP contribution < -0.4 is 0 Å². The first-order valence-electron chi connectivity index (χ1n) is 9.49. The lowest BCUT2D eigenvalue weighted by Gasteiger charge is -2.32.